The van der Waals surface area contributed by atoms with Crippen molar-refractivity contribution in [2.75, 3.05) is 4.90 Å². The van der Waals surface area contributed by atoms with Crippen LogP contribution >= 0.6 is 0 Å². The minimum Gasteiger partial charge on any atom is -0.311 e. The number of aryl methyl sites for hydroxylation is 2. The molecule has 1 heteroatoms. The second-order valence-corrected chi connectivity index (χ2v) is 11.0. The van der Waals surface area contributed by atoms with Gasteiger partial charge >= 0.3 is 0 Å². The second-order valence-electron chi connectivity index (χ2n) is 11.0. The van der Waals surface area contributed by atoms with Crippen LogP contribution in [0.1, 0.15) is 37.5 Å². The van der Waals surface area contributed by atoms with E-state index in [0.29, 0.717) is 0 Å². The van der Waals surface area contributed by atoms with Gasteiger partial charge in [-0.15, -0.1) is 0 Å². The topological polar surface area (TPSA) is 3.24 Å². The van der Waals surface area contributed by atoms with Crippen LogP contribution in [-0.4, -0.2) is 0 Å². The average molecular weight is 482 g/mol. The normalized spacial score (nSPS) is 11.4. The molecule has 5 aromatic carbocycles. The van der Waals surface area contributed by atoms with Crippen molar-refractivity contribution in [2.45, 2.75) is 40.0 Å². The van der Waals surface area contributed by atoms with Crippen molar-refractivity contribution >= 4 is 17.1 Å². The molecule has 0 fully saturated rings. The summed E-state index contributed by atoms with van der Waals surface area (Å²) in [5, 5.41) is 0. The Bertz CT molecular complexity index is 1400. The molecule has 184 valence electrons. The van der Waals surface area contributed by atoms with E-state index in [1.807, 2.05) is 0 Å². The van der Waals surface area contributed by atoms with Crippen LogP contribution in [0.15, 0.2) is 121 Å². The lowest BCUT2D eigenvalue weighted by molar-refractivity contribution is 0.590. The predicted molar refractivity (Wildman–Crippen MR) is 160 cm³/mol. The lowest BCUT2D eigenvalue weighted by Crippen LogP contribution is -2.13. The molecule has 0 radical (unpaired) electrons. The molecule has 0 amide bonds. The molecule has 0 unspecified atom stereocenters. The highest BCUT2D eigenvalue weighted by Gasteiger charge is 2.17. The van der Waals surface area contributed by atoms with Crippen LogP contribution in [0.4, 0.5) is 17.1 Å². The molecule has 0 bridgehead atoms. The third-order valence-electron chi connectivity index (χ3n) is 6.95. The Morgan fingerprint density at radius 3 is 1.16 bits per heavy atom. The maximum absolute atomic E-state index is 2.34. The smallest absolute Gasteiger partial charge is 0.0462 e. The standard InChI is InChI=1S/C36H35N/c1-26-8-6-10-30(24-26)28-12-18-33(19-13-28)37(35-22-16-32(17-23-35)36(3,4)5)34-20-14-29(15-21-34)31-11-7-9-27(2)25-31/h6-25H,1-5H3. The number of anilines is 3. The quantitative estimate of drug-likeness (QED) is 0.241. The van der Waals surface area contributed by atoms with Crippen molar-refractivity contribution in [1.82, 2.24) is 0 Å². The van der Waals surface area contributed by atoms with E-state index in [2.05, 4.69) is 161 Å². The molecule has 0 N–H and O–H groups in total. The summed E-state index contributed by atoms with van der Waals surface area (Å²) in [5.41, 5.74) is 12.4. The minimum absolute atomic E-state index is 0.119. The molecular weight excluding hydrogens is 446 g/mol. The lowest BCUT2D eigenvalue weighted by atomic mass is 9.87. The summed E-state index contributed by atoms with van der Waals surface area (Å²) in [6, 6.07) is 44.1. The number of benzene rings is 5. The van der Waals surface area contributed by atoms with Crippen molar-refractivity contribution in [1.29, 1.82) is 0 Å². The van der Waals surface area contributed by atoms with Gasteiger partial charge in [0.1, 0.15) is 0 Å². The molecule has 1 nitrogen and oxygen atoms in total. The Hall–Kier alpha value is -4.10. The molecule has 0 aliphatic heterocycles. The Labute approximate surface area is 222 Å². The first-order chi connectivity index (χ1) is 17.8. The van der Waals surface area contributed by atoms with Gasteiger partial charge in [-0.3, -0.25) is 0 Å². The zero-order valence-electron chi connectivity index (χ0n) is 22.5. The Morgan fingerprint density at radius 1 is 0.432 bits per heavy atom. The molecule has 0 aliphatic carbocycles. The average Bonchev–Trinajstić information content (AvgIpc) is 2.89. The highest BCUT2D eigenvalue weighted by Crippen LogP contribution is 2.37. The van der Waals surface area contributed by atoms with Crippen LogP contribution in [0, 0.1) is 13.8 Å². The molecular formula is C36H35N. The molecule has 0 spiro atoms. The summed E-state index contributed by atoms with van der Waals surface area (Å²) in [7, 11) is 0. The first-order valence-corrected chi connectivity index (χ1v) is 13.0. The summed E-state index contributed by atoms with van der Waals surface area (Å²) in [6.07, 6.45) is 0. The summed E-state index contributed by atoms with van der Waals surface area (Å²) in [6.45, 7) is 11.1. The summed E-state index contributed by atoms with van der Waals surface area (Å²) in [4.78, 5) is 2.34. The molecule has 37 heavy (non-hydrogen) atoms. The molecule has 5 aromatic rings. The minimum atomic E-state index is 0.119. The van der Waals surface area contributed by atoms with Gasteiger partial charge in [-0.2, -0.15) is 0 Å². The first-order valence-electron chi connectivity index (χ1n) is 13.0. The largest absolute Gasteiger partial charge is 0.311 e. The van der Waals surface area contributed by atoms with Crippen LogP contribution in [0.3, 0.4) is 0 Å². The van der Waals surface area contributed by atoms with Crippen molar-refractivity contribution in [3.63, 3.8) is 0 Å². The van der Waals surface area contributed by atoms with Crippen LogP contribution in [0.5, 0.6) is 0 Å². The SMILES string of the molecule is Cc1cccc(-c2ccc(N(c3ccc(-c4cccc(C)c4)cc3)c3ccc(C(C)(C)C)cc3)cc2)c1. The maximum Gasteiger partial charge on any atom is 0.0462 e. The summed E-state index contributed by atoms with van der Waals surface area (Å²) < 4.78 is 0. The fourth-order valence-electron chi connectivity index (χ4n) is 4.81. The number of nitrogens with zero attached hydrogens (tertiary/aromatic N) is 1. The van der Waals surface area contributed by atoms with Gasteiger partial charge in [-0.1, -0.05) is 117 Å². The van der Waals surface area contributed by atoms with Crippen LogP contribution in [0.2, 0.25) is 0 Å². The Balaban J connectivity index is 1.54. The first kappa shape index (κ1) is 24.6. The second kappa shape index (κ2) is 10.1. The van der Waals surface area contributed by atoms with E-state index < -0.39 is 0 Å². The zero-order valence-corrected chi connectivity index (χ0v) is 22.5. The molecule has 0 heterocycles. The number of hydrogen-bond donors (Lipinski definition) is 0. The van der Waals surface area contributed by atoms with Gasteiger partial charge in [0.25, 0.3) is 0 Å². The van der Waals surface area contributed by atoms with E-state index in [-0.39, 0.29) is 5.41 Å². The van der Waals surface area contributed by atoms with E-state index in [0.717, 1.165) is 17.1 Å². The highest BCUT2D eigenvalue weighted by molar-refractivity contribution is 5.80. The number of hydrogen-bond acceptors (Lipinski definition) is 1. The van der Waals surface area contributed by atoms with Gasteiger partial charge in [-0.25, -0.2) is 0 Å². The van der Waals surface area contributed by atoms with Crippen molar-refractivity contribution in [3.05, 3.63) is 138 Å². The Morgan fingerprint density at radius 2 is 0.811 bits per heavy atom. The van der Waals surface area contributed by atoms with E-state index in [9.17, 15) is 0 Å². The molecule has 5 rings (SSSR count). The fourth-order valence-corrected chi connectivity index (χ4v) is 4.81. The molecule has 0 saturated carbocycles. The van der Waals surface area contributed by atoms with Crippen LogP contribution in [0.25, 0.3) is 22.3 Å². The van der Waals surface area contributed by atoms with Gasteiger partial charge in [0.15, 0.2) is 0 Å². The van der Waals surface area contributed by atoms with Gasteiger partial charge in [0, 0.05) is 17.1 Å². The monoisotopic (exact) mass is 481 g/mol. The van der Waals surface area contributed by atoms with E-state index in [4.69, 9.17) is 0 Å². The van der Waals surface area contributed by atoms with Gasteiger partial charge in [-0.05, 0) is 83.5 Å². The van der Waals surface area contributed by atoms with Gasteiger partial charge in [0.2, 0.25) is 0 Å². The highest BCUT2D eigenvalue weighted by atomic mass is 15.1. The van der Waals surface area contributed by atoms with Crippen LogP contribution in [-0.2, 0) is 5.41 Å². The summed E-state index contributed by atoms with van der Waals surface area (Å²) in [5.74, 6) is 0. The van der Waals surface area contributed by atoms with Crippen molar-refractivity contribution < 1.29 is 0 Å². The lowest BCUT2D eigenvalue weighted by Gasteiger charge is -2.27. The molecule has 0 aliphatic rings. The summed E-state index contributed by atoms with van der Waals surface area (Å²) >= 11 is 0. The third-order valence-corrected chi connectivity index (χ3v) is 6.95. The van der Waals surface area contributed by atoms with E-state index in [1.54, 1.807) is 0 Å². The Kier molecular flexibility index (Phi) is 6.72. The fraction of sp³-hybridized carbons (Fsp3) is 0.167. The molecule has 0 aromatic heterocycles. The van der Waals surface area contributed by atoms with E-state index in [1.165, 1.54) is 38.9 Å². The van der Waals surface area contributed by atoms with Gasteiger partial charge < -0.3 is 4.90 Å². The van der Waals surface area contributed by atoms with Crippen molar-refractivity contribution in [2.24, 2.45) is 0 Å². The van der Waals surface area contributed by atoms with Gasteiger partial charge in [0.05, 0.1) is 0 Å². The molecule has 0 saturated heterocycles. The molecule has 0 atom stereocenters. The van der Waals surface area contributed by atoms with Crippen LogP contribution < -0.4 is 4.90 Å². The predicted octanol–water partition coefficient (Wildman–Crippen LogP) is 10.4. The van der Waals surface area contributed by atoms with Crippen molar-refractivity contribution in [3.8, 4) is 22.3 Å². The maximum atomic E-state index is 2.34. The van der Waals surface area contributed by atoms with E-state index >= 15 is 0 Å². The zero-order chi connectivity index (χ0) is 26.0. The third kappa shape index (κ3) is 5.52. The number of rotatable bonds is 5.